The van der Waals surface area contributed by atoms with Crippen LogP contribution in [0.5, 0.6) is 5.75 Å². The van der Waals surface area contributed by atoms with Crippen LogP contribution in [-0.2, 0) is 0 Å². The molecule has 2 fully saturated rings. The van der Waals surface area contributed by atoms with E-state index < -0.39 is 0 Å². The minimum Gasteiger partial charge on any atom is -0.508 e. The third kappa shape index (κ3) is 2.46. The van der Waals surface area contributed by atoms with Gasteiger partial charge < -0.3 is 10.0 Å². The molecule has 0 radical (unpaired) electrons. The van der Waals surface area contributed by atoms with Gasteiger partial charge in [0.1, 0.15) is 5.75 Å². The van der Waals surface area contributed by atoms with Crippen LogP contribution >= 0.6 is 0 Å². The highest BCUT2D eigenvalue weighted by Gasteiger charge is 2.40. The molecule has 2 aliphatic rings. The third-order valence-corrected chi connectivity index (χ3v) is 4.85. The molecule has 102 valence electrons. The van der Waals surface area contributed by atoms with Gasteiger partial charge in [0.2, 0.25) is 0 Å². The van der Waals surface area contributed by atoms with Gasteiger partial charge in [-0.2, -0.15) is 0 Å². The molecular formula is C16H21NO2. The standard InChI is InChI=1S/C16H21NO2/c1-17(10-14-9-11-2-3-13(14)8-11)16(19)12-4-6-15(18)7-5-12/h4-7,11,13-14,18H,2-3,8-10H2,1H3. The summed E-state index contributed by atoms with van der Waals surface area (Å²) in [5.41, 5.74) is 0.656. The highest BCUT2D eigenvalue weighted by molar-refractivity contribution is 5.94. The van der Waals surface area contributed by atoms with Crippen molar-refractivity contribution < 1.29 is 9.90 Å². The maximum atomic E-state index is 12.3. The number of amides is 1. The summed E-state index contributed by atoms with van der Waals surface area (Å²) in [5.74, 6) is 2.73. The average molecular weight is 259 g/mol. The zero-order valence-corrected chi connectivity index (χ0v) is 11.4. The Kier molecular flexibility index (Phi) is 3.21. The number of aromatic hydroxyl groups is 1. The Morgan fingerprint density at radius 2 is 2.00 bits per heavy atom. The van der Waals surface area contributed by atoms with E-state index in [1.807, 2.05) is 11.9 Å². The normalized spacial score (nSPS) is 28.6. The highest BCUT2D eigenvalue weighted by atomic mass is 16.3. The molecule has 3 atom stereocenters. The van der Waals surface area contributed by atoms with Crippen molar-refractivity contribution in [3.8, 4) is 5.75 Å². The molecule has 3 heteroatoms. The van der Waals surface area contributed by atoms with Crippen LogP contribution in [-0.4, -0.2) is 29.5 Å². The van der Waals surface area contributed by atoms with Gasteiger partial charge in [-0.1, -0.05) is 6.42 Å². The van der Waals surface area contributed by atoms with E-state index in [0.717, 1.165) is 18.4 Å². The number of benzene rings is 1. The zero-order chi connectivity index (χ0) is 13.4. The van der Waals surface area contributed by atoms with Gasteiger partial charge in [0.05, 0.1) is 0 Å². The largest absolute Gasteiger partial charge is 0.508 e. The van der Waals surface area contributed by atoms with E-state index in [1.165, 1.54) is 25.7 Å². The van der Waals surface area contributed by atoms with Gasteiger partial charge in [-0.05, 0) is 61.3 Å². The Morgan fingerprint density at radius 3 is 2.58 bits per heavy atom. The van der Waals surface area contributed by atoms with E-state index in [9.17, 15) is 9.90 Å². The highest BCUT2D eigenvalue weighted by Crippen LogP contribution is 2.48. The summed E-state index contributed by atoms with van der Waals surface area (Å²) in [4.78, 5) is 14.1. The number of nitrogens with zero attached hydrogens (tertiary/aromatic N) is 1. The number of carbonyl (C=O) groups excluding carboxylic acids is 1. The van der Waals surface area contributed by atoms with E-state index in [2.05, 4.69) is 0 Å². The van der Waals surface area contributed by atoms with E-state index >= 15 is 0 Å². The second-order valence-electron chi connectivity index (χ2n) is 6.17. The van der Waals surface area contributed by atoms with Gasteiger partial charge in [0.15, 0.2) is 0 Å². The number of hydrogen-bond donors (Lipinski definition) is 1. The number of phenols is 1. The van der Waals surface area contributed by atoms with Crippen molar-refractivity contribution >= 4 is 5.91 Å². The lowest BCUT2D eigenvalue weighted by Gasteiger charge is -2.27. The number of hydrogen-bond acceptors (Lipinski definition) is 2. The first-order valence-corrected chi connectivity index (χ1v) is 7.18. The zero-order valence-electron chi connectivity index (χ0n) is 11.4. The summed E-state index contributed by atoms with van der Waals surface area (Å²) in [6.45, 7) is 0.876. The molecule has 1 N–H and O–H groups in total. The second-order valence-corrected chi connectivity index (χ2v) is 6.17. The van der Waals surface area contributed by atoms with Crippen LogP contribution < -0.4 is 0 Å². The van der Waals surface area contributed by atoms with Crippen molar-refractivity contribution in [2.75, 3.05) is 13.6 Å². The van der Waals surface area contributed by atoms with Crippen molar-refractivity contribution in [3.05, 3.63) is 29.8 Å². The lowest BCUT2D eigenvalue weighted by Crippen LogP contribution is -2.33. The molecule has 0 aromatic heterocycles. The van der Waals surface area contributed by atoms with E-state index in [4.69, 9.17) is 0 Å². The predicted octanol–water partition coefficient (Wildman–Crippen LogP) is 2.90. The van der Waals surface area contributed by atoms with Crippen molar-refractivity contribution in [1.29, 1.82) is 0 Å². The van der Waals surface area contributed by atoms with Gasteiger partial charge in [-0.15, -0.1) is 0 Å². The fourth-order valence-corrected chi connectivity index (χ4v) is 3.86. The molecule has 19 heavy (non-hydrogen) atoms. The van der Waals surface area contributed by atoms with Crippen molar-refractivity contribution in [1.82, 2.24) is 4.90 Å². The molecule has 0 aliphatic heterocycles. The monoisotopic (exact) mass is 259 g/mol. The summed E-state index contributed by atoms with van der Waals surface area (Å²) in [5, 5.41) is 9.25. The van der Waals surface area contributed by atoms with Crippen molar-refractivity contribution in [2.45, 2.75) is 25.7 Å². The summed E-state index contributed by atoms with van der Waals surface area (Å²) < 4.78 is 0. The minimum absolute atomic E-state index is 0.0581. The first-order chi connectivity index (χ1) is 9.13. The minimum atomic E-state index is 0.0581. The molecule has 3 nitrogen and oxygen atoms in total. The van der Waals surface area contributed by atoms with Gasteiger partial charge >= 0.3 is 0 Å². The molecule has 2 saturated carbocycles. The molecule has 2 bridgehead atoms. The lowest BCUT2D eigenvalue weighted by molar-refractivity contribution is 0.0754. The van der Waals surface area contributed by atoms with Crippen LogP contribution in [0.15, 0.2) is 24.3 Å². The second kappa shape index (κ2) is 4.87. The molecule has 1 amide bonds. The molecule has 0 spiro atoms. The molecule has 0 saturated heterocycles. The van der Waals surface area contributed by atoms with Crippen molar-refractivity contribution in [2.24, 2.45) is 17.8 Å². The van der Waals surface area contributed by atoms with Gasteiger partial charge in [0, 0.05) is 19.2 Å². The summed E-state index contributed by atoms with van der Waals surface area (Å²) in [6.07, 6.45) is 5.44. The molecule has 0 heterocycles. The van der Waals surface area contributed by atoms with Crippen LogP contribution in [0.4, 0.5) is 0 Å². The molecule has 3 unspecified atom stereocenters. The summed E-state index contributed by atoms with van der Waals surface area (Å²) >= 11 is 0. The SMILES string of the molecule is CN(CC1CC2CCC1C2)C(=O)c1ccc(O)cc1. The number of carbonyl (C=O) groups is 1. The predicted molar refractivity (Wildman–Crippen MR) is 74.0 cm³/mol. The maximum absolute atomic E-state index is 12.3. The van der Waals surface area contributed by atoms with Crippen LogP contribution in [0.1, 0.15) is 36.0 Å². The number of rotatable bonds is 3. The van der Waals surface area contributed by atoms with Crippen LogP contribution in [0.2, 0.25) is 0 Å². The Morgan fingerprint density at radius 1 is 1.26 bits per heavy atom. The van der Waals surface area contributed by atoms with Crippen LogP contribution in [0, 0.1) is 17.8 Å². The topological polar surface area (TPSA) is 40.5 Å². The van der Waals surface area contributed by atoms with Gasteiger partial charge in [-0.25, -0.2) is 0 Å². The van der Waals surface area contributed by atoms with E-state index in [0.29, 0.717) is 11.5 Å². The number of fused-ring (bicyclic) bond motifs is 2. The summed E-state index contributed by atoms with van der Waals surface area (Å²) in [7, 11) is 1.89. The quantitative estimate of drug-likeness (QED) is 0.906. The molecule has 1 aromatic carbocycles. The molecule has 1 aromatic rings. The fraction of sp³-hybridized carbons (Fsp3) is 0.562. The van der Waals surface area contributed by atoms with E-state index in [-0.39, 0.29) is 11.7 Å². The first-order valence-electron chi connectivity index (χ1n) is 7.18. The van der Waals surface area contributed by atoms with Crippen LogP contribution in [0.25, 0.3) is 0 Å². The lowest BCUT2D eigenvalue weighted by atomic mass is 9.88. The number of phenolic OH excluding ortho intramolecular Hbond substituents is 1. The van der Waals surface area contributed by atoms with E-state index in [1.54, 1.807) is 24.3 Å². The first kappa shape index (κ1) is 12.5. The third-order valence-electron chi connectivity index (χ3n) is 4.85. The van der Waals surface area contributed by atoms with Crippen molar-refractivity contribution in [3.63, 3.8) is 0 Å². The maximum Gasteiger partial charge on any atom is 0.253 e. The smallest absolute Gasteiger partial charge is 0.253 e. The van der Waals surface area contributed by atoms with Gasteiger partial charge in [0.25, 0.3) is 5.91 Å². The van der Waals surface area contributed by atoms with Gasteiger partial charge in [-0.3, -0.25) is 4.79 Å². The molecular weight excluding hydrogens is 238 g/mol. The Labute approximate surface area is 114 Å². The molecule has 3 rings (SSSR count). The average Bonchev–Trinajstić information content (AvgIpc) is 3.01. The Hall–Kier alpha value is -1.51. The fourth-order valence-electron chi connectivity index (χ4n) is 3.86. The van der Waals surface area contributed by atoms with Crippen LogP contribution in [0.3, 0.4) is 0 Å². The Bertz CT molecular complexity index is 468. The summed E-state index contributed by atoms with van der Waals surface area (Å²) in [6, 6.07) is 6.52. The molecule has 2 aliphatic carbocycles. The Balaban J connectivity index is 1.62.